The first-order valence-electron chi connectivity index (χ1n) is 5.60. The third-order valence-corrected chi connectivity index (χ3v) is 2.61. The molecular weight excluding hydrogens is 228 g/mol. The van der Waals surface area contributed by atoms with Crippen molar-refractivity contribution in [1.82, 2.24) is 9.97 Å². The third kappa shape index (κ3) is 2.10. The molecule has 0 saturated carbocycles. The van der Waals surface area contributed by atoms with Gasteiger partial charge in [0.15, 0.2) is 5.58 Å². The molecule has 2 heterocycles. The minimum absolute atomic E-state index is 0.493. The number of pyridine rings is 1. The lowest BCUT2D eigenvalue weighted by Gasteiger charge is -2.00. The van der Waals surface area contributed by atoms with Crippen molar-refractivity contribution >= 4 is 22.8 Å². The Morgan fingerprint density at radius 2 is 2.00 bits per heavy atom. The molecule has 0 unspecified atom stereocenters. The number of rotatable bonds is 3. The molecule has 1 aromatic carbocycles. The second-order valence-electron chi connectivity index (χ2n) is 3.96. The second kappa shape index (κ2) is 4.37. The van der Waals surface area contributed by atoms with Crippen LogP contribution >= 0.6 is 0 Å². The third-order valence-electron chi connectivity index (χ3n) is 2.61. The van der Waals surface area contributed by atoms with E-state index in [0.717, 1.165) is 11.1 Å². The van der Waals surface area contributed by atoms with Crippen LogP contribution in [0.1, 0.15) is 5.56 Å². The van der Waals surface area contributed by atoms with E-state index in [9.17, 15) is 0 Å². The van der Waals surface area contributed by atoms with Gasteiger partial charge in [-0.25, -0.2) is 0 Å². The summed E-state index contributed by atoms with van der Waals surface area (Å²) >= 11 is 0. The monoisotopic (exact) mass is 240 g/mol. The zero-order valence-electron chi connectivity index (χ0n) is 9.63. The van der Waals surface area contributed by atoms with Crippen molar-refractivity contribution in [3.05, 3.63) is 48.3 Å². The van der Waals surface area contributed by atoms with Crippen molar-refractivity contribution in [2.75, 3.05) is 11.1 Å². The molecule has 5 nitrogen and oxygen atoms in total. The Bertz CT molecular complexity index is 663. The fourth-order valence-corrected chi connectivity index (χ4v) is 1.70. The Balaban J connectivity index is 1.79. The molecule has 0 aliphatic rings. The SMILES string of the molecule is Nc1ccc2nc(NCc3ccncc3)oc2c1. The van der Waals surface area contributed by atoms with E-state index in [1.807, 2.05) is 18.2 Å². The number of hydrogen-bond donors (Lipinski definition) is 2. The molecule has 0 bridgehead atoms. The van der Waals surface area contributed by atoms with Gasteiger partial charge in [-0.3, -0.25) is 4.98 Å². The Morgan fingerprint density at radius 3 is 2.83 bits per heavy atom. The van der Waals surface area contributed by atoms with Crippen LogP contribution in [0.25, 0.3) is 11.1 Å². The average Bonchev–Trinajstić information content (AvgIpc) is 2.79. The fourth-order valence-electron chi connectivity index (χ4n) is 1.70. The summed E-state index contributed by atoms with van der Waals surface area (Å²) in [6, 6.07) is 9.78. The number of anilines is 2. The Hall–Kier alpha value is -2.56. The van der Waals surface area contributed by atoms with E-state index < -0.39 is 0 Å². The zero-order valence-corrected chi connectivity index (χ0v) is 9.63. The second-order valence-corrected chi connectivity index (χ2v) is 3.96. The lowest BCUT2D eigenvalue weighted by Crippen LogP contribution is -1.99. The first kappa shape index (κ1) is 10.6. The van der Waals surface area contributed by atoms with Gasteiger partial charge < -0.3 is 15.5 Å². The van der Waals surface area contributed by atoms with E-state index in [2.05, 4.69) is 15.3 Å². The number of benzene rings is 1. The molecule has 0 atom stereocenters. The summed E-state index contributed by atoms with van der Waals surface area (Å²) in [6.07, 6.45) is 3.51. The lowest BCUT2D eigenvalue weighted by molar-refractivity contribution is 0.614. The van der Waals surface area contributed by atoms with Crippen molar-refractivity contribution in [2.45, 2.75) is 6.54 Å². The maximum atomic E-state index is 5.68. The number of nitrogens with one attached hydrogen (secondary N) is 1. The molecule has 3 rings (SSSR count). The van der Waals surface area contributed by atoms with Gasteiger partial charge in [0, 0.05) is 30.7 Å². The summed E-state index contributed by atoms with van der Waals surface area (Å²) in [5.74, 6) is 0. The molecule has 2 aromatic heterocycles. The van der Waals surface area contributed by atoms with E-state index in [1.54, 1.807) is 24.5 Å². The van der Waals surface area contributed by atoms with Crippen LogP contribution in [0.15, 0.2) is 47.1 Å². The lowest BCUT2D eigenvalue weighted by atomic mass is 10.3. The topological polar surface area (TPSA) is 77.0 Å². The van der Waals surface area contributed by atoms with E-state index in [0.29, 0.717) is 23.8 Å². The van der Waals surface area contributed by atoms with E-state index in [4.69, 9.17) is 10.2 Å². The quantitative estimate of drug-likeness (QED) is 0.687. The van der Waals surface area contributed by atoms with Gasteiger partial charge in [0.05, 0.1) is 0 Å². The van der Waals surface area contributed by atoms with Crippen LogP contribution in [-0.4, -0.2) is 9.97 Å². The molecule has 5 heteroatoms. The van der Waals surface area contributed by atoms with Crippen molar-refractivity contribution in [3.8, 4) is 0 Å². The molecule has 0 amide bonds. The van der Waals surface area contributed by atoms with Crippen molar-refractivity contribution in [3.63, 3.8) is 0 Å². The van der Waals surface area contributed by atoms with Gasteiger partial charge in [-0.1, -0.05) is 0 Å². The van der Waals surface area contributed by atoms with Crippen molar-refractivity contribution < 1.29 is 4.42 Å². The highest BCUT2D eigenvalue weighted by Gasteiger charge is 2.05. The number of oxazole rings is 1. The molecule has 90 valence electrons. The molecule has 3 aromatic rings. The van der Waals surface area contributed by atoms with Crippen LogP contribution in [0.2, 0.25) is 0 Å². The van der Waals surface area contributed by atoms with E-state index >= 15 is 0 Å². The number of nitrogens with zero attached hydrogens (tertiary/aromatic N) is 2. The number of aromatic nitrogens is 2. The Kier molecular flexibility index (Phi) is 2.57. The fraction of sp³-hybridized carbons (Fsp3) is 0.0769. The molecule has 0 radical (unpaired) electrons. The molecule has 0 aliphatic carbocycles. The molecule has 0 aliphatic heterocycles. The molecule has 18 heavy (non-hydrogen) atoms. The number of hydrogen-bond acceptors (Lipinski definition) is 5. The van der Waals surface area contributed by atoms with Gasteiger partial charge in [0.25, 0.3) is 6.01 Å². The minimum atomic E-state index is 0.493. The summed E-state index contributed by atoms with van der Waals surface area (Å²) in [4.78, 5) is 8.28. The highest BCUT2D eigenvalue weighted by Crippen LogP contribution is 2.21. The first-order chi connectivity index (χ1) is 8.81. The largest absolute Gasteiger partial charge is 0.423 e. The van der Waals surface area contributed by atoms with Gasteiger partial charge >= 0.3 is 0 Å². The number of nitrogen functional groups attached to an aromatic ring is 1. The molecular formula is C13H12N4O. The molecule has 0 spiro atoms. The van der Waals surface area contributed by atoms with Crippen LogP contribution in [0.5, 0.6) is 0 Å². The van der Waals surface area contributed by atoms with Crippen LogP contribution < -0.4 is 11.1 Å². The molecule has 0 saturated heterocycles. The van der Waals surface area contributed by atoms with Gasteiger partial charge in [-0.15, -0.1) is 0 Å². The maximum Gasteiger partial charge on any atom is 0.295 e. The zero-order chi connectivity index (χ0) is 12.4. The average molecular weight is 240 g/mol. The minimum Gasteiger partial charge on any atom is -0.423 e. The van der Waals surface area contributed by atoms with Gasteiger partial charge in [-0.2, -0.15) is 4.98 Å². The molecule has 0 fully saturated rings. The summed E-state index contributed by atoms with van der Waals surface area (Å²) in [6.45, 7) is 0.644. The van der Waals surface area contributed by atoms with Crippen LogP contribution in [0.3, 0.4) is 0 Å². The Labute approximate surface area is 104 Å². The maximum absolute atomic E-state index is 5.68. The Morgan fingerprint density at radius 1 is 1.17 bits per heavy atom. The van der Waals surface area contributed by atoms with E-state index in [-0.39, 0.29) is 0 Å². The number of fused-ring (bicyclic) bond motifs is 1. The number of nitrogens with two attached hydrogens (primary N) is 1. The standard InChI is InChI=1S/C13H12N4O/c14-10-1-2-11-12(7-10)18-13(17-11)16-8-9-3-5-15-6-4-9/h1-7H,8,14H2,(H,16,17). The highest BCUT2D eigenvalue weighted by molar-refractivity contribution is 5.78. The smallest absolute Gasteiger partial charge is 0.295 e. The van der Waals surface area contributed by atoms with Crippen LogP contribution in [0, 0.1) is 0 Å². The van der Waals surface area contributed by atoms with Crippen LogP contribution in [-0.2, 0) is 6.54 Å². The van der Waals surface area contributed by atoms with Crippen LogP contribution in [0.4, 0.5) is 11.7 Å². The summed E-state index contributed by atoms with van der Waals surface area (Å²) in [5, 5.41) is 3.12. The highest BCUT2D eigenvalue weighted by atomic mass is 16.4. The summed E-state index contributed by atoms with van der Waals surface area (Å²) in [7, 11) is 0. The molecule has 3 N–H and O–H groups in total. The summed E-state index contributed by atoms with van der Waals surface area (Å²) < 4.78 is 5.55. The van der Waals surface area contributed by atoms with Crippen molar-refractivity contribution in [2.24, 2.45) is 0 Å². The van der Waals surface area contributed by atoms with Gasteiger partial charge in [0.2, 0.25) is 0 Å². The van der Waals surface area contributed by atoms with Gasteiger partial charge in [0.1, 0.15) is 5.52 Å². The van der Waals surface area contributed by atoms with Gasteiger partial charge in [-0.05, 0) is 29.8 Å². The predicted octanol–water partition coefficient (Wildman–Crippen LogP) is 2.42. The van der Waals surface area contributed by atoms with Crippen molar-refractivity contribution in [1.29, 1.82) is 0 Å². The normalized spacial score (nSPS) is 10.7. The predicted molar refractivity (Wildman–Crippen MR) is 70.0 cm³/mol. The van der Waals surface area contributed by atoms with E-state index in [1.165, 1.54) is 0 Å². The first-order valence-corrected chi connectivity index (χ1v) is 5.60. The summed E-state index contributed by atoms with van der Waals surface area (Å²) in [5.41, 5.74) is 8.95.